The average Bonchev–Trinajstić information content (AvgIpc) is 3.13. The number of nitrogens with zero attached hydrogens (tertiary/aromatic N) is 4. The molecule has 1 aromatic carbocycles. The Morgan fingerprint density at radius 2 is 1.86 bits per heavy atom. The summed E-state index contributed by atoms with van der Waals surface area (Å²) in [5.41, 5.74) is 0.761. The number of aromatic nitrogens is 4. The van der Waals surface area contributed by atoms with Crippen LogP contribution in [0.15, 0.2) is 42.6 Å². The van der Waals surface area contributed by atoms with Crippen molar-refractivity contribution in [3.05, 3.63) is 54.4 Å². The summed E-state index contributed by atoms with van der Waals surface area (Å²) in [6.45, 7) is 4.16. The van der Waals surface area contributed by atoms with Gasteiger partial charge in [-0.2, -0.15) is 19.3 Å². The van der Waals surface area contributed by atoms with Gasteiger partial charge in [0.05, 0.1) is 24.1 Å². The first kappa shape index (κ1) is 19.1. The Morgan fingerprint density at radius 1 is 1.03 bits per heavy atom. The largest absolute Gasteiger partial charge is 0.381 e. The second-order valence-corrected chi connectivity index (χ2v) is 6.94. The molecule has 0 aliphatic carbocycles. The van der Waals surface area contributed by atoms with Crippen molar-refractivity contribution >= 4 is 17.6 Å². The van der Waals surface area contributed by atoms with Gasteiger partial charge in [0.25, 0.3) is 0 Å². The lowest BCUT2D eigenvalue weighted by atomic mass is 9.98. The van der Waals surface area contributed by atoms with Gasteiger partial charge in [-0.3, -0.25) is 0 Å². The molecule has 0 spiro atoms. The van der Waals surface area contributed by atoms with Gasteiger partial charge >= 0.3 is 0 Å². The van der Waals surface area contributed by atoms with Crippen LogP contribution >= 0.6 is 0 Å². The summed E-state index contributed by atoms with van der Waals surface area (Å²) in [6, 6.07) is 9.00. The van der Waals surface area contributed by atoms with Crippen molar-refractivity contribution in [3.8, 4) is 11.4 Å². The summed E-state index contributed by atoms with van der Waals surface area (Å²) in [4.78, 5) is 16.7. The first-order chi connectivity index (χ1) is 14.1. The average molecular weight is 398 g/mol. The van der Waals surface area contributed by atoms with E-state index in [1.54, 1.807) is 18.2 Å². The van der Waals surface area contributed by atoms with Crippen molar-refractivity contribution in [2.45, 2.75) is 6.92 Å². The molecule has 0 bridgehead atoms. The summed E-state index contributed by atoms with van der Waals surface area (Å²) in [5.74, 6) is 0.443. The van der Waals surface area contributed by atoms with Crippen molar-refractivity contribution < 1.29 is 13.5 Å². The van der Waals surface area contributed by atoms with Gasteiger partial charge in [-0.1, -0.05) is 19.1 Å². The van der Waals surface area contributed by atoms with E-state index in [0.717, 1.165) is 6.61 Å². The van der Waals surface area contributed by atoms with Gasteiger partial charge < -0.3 is 15.4 Å². The lowest BCUT2D eigenvalue weighted by Crippen LogP contribution is -2.21. The minimum atomic E-state index is -0.589. The fourth-order valence-electron chi connectivity index (χ4n) is 3.04. The van der Waals surface area contributed by atoms with Crippen LogP contribution in [0.4, 0.5) is 26.4 Å². The zero-order valence-corrected chi connectivity index (χ0v) is 15.8. The molecule has 150 valence electrons. The summed E-state index contributed by atoms with van der Waals surface area (Å²) in [6.07, 6.45) is 1.33. The highest BCUT2D eigenvalue weighted by Crippen LogP contribution is 2.24. The van der Waals surface area contributed by atoms with Gasteiger partial charge in [0.15, 0.2) is 5.82 Å². The monoisotopic (exact) mass is 398 g/mol. The van der Waals surface area contributed by atoms with Gasteiger partial charge in [0.1, 0.15) is 5.82 Å². The molecule has 0 radical (unpaired) electrons. The molecule has 1 aliphatic heterocycles. The molecule has 3 aromatic rings. The SMILES string of the molecule is C[C@@H]1COC[C@@H]1CNc1nc(Nc2ccc(F)nc2)nc(-c2ccccc2F)n1. The number of pyridine rings is 1. The molecule has 3 heterocycles. The maximum absolute atomic E-state index is 14.3. The van der Waals surface area contributed by atoms with E-state index in [1.165, 1.54) is 24.4 Å². The smallest absolute Gasteiger partial charge is 0.232 e. The Kier molecular flexibility index (Phi) is 5.57. The molecule has 7 nitrogen and oxygen atoms in total. The van der Waals surface area contributed by atoms with Crippen molar-refractivity contribution in [2.75, 3.05) is 30.4 Å². The van der Waals surface area contributed by atoms with E-state index in [9.17, 15) is 8.78 Å². The van der Waals surface area contributed by atoms with Crippen molar-refractivity contribution in [1.29, 1.82) is 0 Å². The third-order valence-corrected chi connectivity index (χ3v) is 4.77. The zero-order valence-electron chi connectivity index (χ0n) is 15.8. The molecule has 0 unspecified atom stereocenters. The molecule has 4 rings (SSSR count). The first-order valence-corrected chi connectivity index (χ1v) is 9.29. The number of benzene rings is 1. The fraction of sp³-hybridized carbons (Fsp3) is 0.300. The minimum Gasteiger partial charge on any atom is -0.381 e. The Balaban J connectivity index is 1.63. The van der Waals surface area contributed by atoms with Crippen LogP contribution in [0.5, 0.6) is 0 Å². The minimum absolute atomic E-state index is 0.189. The van der Waals surface area contributed by atoms with E-state index in [0.29, 0.717) is 36.6 Å². The Bertz CT molecular complexity index is 985. The van der Waals surface area contributed by atoms with Gasteiger partial charge in [0.2, 0.25) is 17.8 Å². The molecule has 2 N–H and O–H groups in total. The van der Waals surface area contributed by atoms with Crippen molar-refractivity contribution in [3.63, 3.8) is 0 Å². The van der Waals surface area contributed by atoms with Gasteiger partial charge in [-0.15, -0.1) is 0 Å². The lowest BCUT2D eigenvalue weighted by Gasteiger charge is -2.15. The van der Waals surface area contributed by atoms with E-state index < -0.39 is 11.8 Å². The van der Waals surface area contributed by atoms with E-state index in [4.69, 9.17) is 4.74 Å². The number of ether oxygens (including phenoxy) is 1. The Hall–Kier alpha value is -3.20. The second-order valence-electron chi connectivity index (χ2n) is 6.94. The summed E-state index contributed by atoms with van der Waals surface area (Å²) >= 11 is 0. The second kappa shape index (κ2) is 8.44. The summed E-state index contributed by atoms with van der Waals surface area (Å²) < 4.78 is 32.8. The van der Waals surface area contributed by atoms with Crippen molar-refractivity contribution in [1.82, 2.24) is 19.9 Å². The molecular weight excluding hydrogens is 378 g/mol. The molecule has 1 saturated heterocycles. The van der Waals surface area contributed by atoms with E-state index >= 15 is 0 Å². The van der Waals surface area contributed by atoms with Crippen LogP contribution < -0.4 is 10.6 Å². The maximum atomic E-state index is 14.3. The van der Waals surface area contributed by atoms with E-state index in [-0.39, 0.29) is 17.3 Å². The number of anilines is 3. The molecule has 9 heteroatoms. The van der Waals surface area contributed by atoms with Gasteiger partial charge in [-0.05, 0) is 30.2 Å². The molecule has 0 saturated carbocycles. The van der Waals surface area contributed by atoms with Crippen LogP contribution in [0.1, 0.15) is 6.92 Å². The van der Waals surface area contributed by atoms with Crippen LogP contribution in [-0.4, -0.2) is 39.7 Å². The molecule has 2 atom stereocenters. The third-order valence-electron chi connectivity index (χ3n) is 4.77. The number of hydrogen-bond donors (Lipinski definition) is 2. The Labute approximate surface area is 166 Å². The quantitative estimate of drug-likeness (QED) is 0.613. The molecule has 1 aliphatic rings. The summed E-state index contributed by atoms with van der Waals surface area (Å²) in [7, 11) is 0. The maximum Gasteiger partial charge on any atom is 0.232 e. The van der Waals surface area contributed by atoms with Crippen LogP contribution in [-0.2, 0) is 4.74 Å². The number of halogens is 2. The highest BCUT2D eigenvalue weighted by molar-refractivity contribution is 5.61. The molecule has 29 heavy (non-hydrogen) atoms. The van der Waals surface area contributed by atoms with Gasteiger partial charge in [0, 0.05) is 19.1 Å². The van der Waals surface area contributed by atoms with Crippen molar-refractivity contribution in [2.24, 2.45) is 11.8 Å². The standard InChI is InChI=1S/C20H20F2N6O/c1-12-10-29-11-13(12)8-24-19-26-18(15-4-2-3-5-16(15)21)27-20(28-19)25-14-6-7-17(22)23-9-14/h2-7,9,12-13H,8,10-11H2,1H3,(H2,24,25,26,27,28)/t12-,13+/m1/s1. The predicted octanol–water partition coefficient (Wildman–Crippen LogP) is 3.65. The molecule has 0 amide bonds. The first-order valence-electron chi connectivity index (χ1n) is 9.29. The van der Waals surface area contributed by atoms with E-state index in [2.05, 4.69) is 37.5 Å². The van der Waals surface area contributed by atoms with Gasteiger partial charge in [-0.25, -0.2) is 9.37 Å². The highest BCUT2D eigenvalue weighted by atomic mass is 19.1. The number of nitrogens with one attached hydrogen (secondary N) is 2. The summed E-state index contributed by atoms with van der Waals surface area (Å²) in [5, 5.41) is 6.16. The number of hydrogen-bond acceptors (Lipinski definition) is 7. The van der Waals surface area contributed by atoms with Crippen LogP contribution in [0, 0.1) is 23.6 Å². The highest BCUT2D eigenvalue weighted by Gasteiger charge is 2.24. The topological polar surface area (TPSA) is 84.9 Å². The van der Waals surface area contributed by atoms with Crippen LogP contribution in [0.25, 0.3) is 11.4 Å². The lowest BCUT2D eigenvalue weighted by molar-refractivity contribution is 0.182. The Morgan fingerprint density at radius 3 is 2.59 bits per heavy atom. The molecule has 2 aromatic heterocycles. The normalized spacial score (nSPS) is 18.6. The molecule has 1 fully saturated rings. The van der Waals surface area contributed by atoms with E-state index in [1.807, 2.05) is 0 Å². The van der Waals surface area contributed by atoms with Crippen LogP contribution in [0.2, 0.25) is 0 Å². The third kappa shape index (κ3) is 4.62. The number of rotatable bonds is 6. The van der Waals surface area contributed by atoms with Crippen LogP contribution in [0.3, 0.4) is 0 Å². The molecular formula is C20H20F2N6O. The fourth-order valence-corrected chi connectivity index (χ4v) is 3.04. The predicted molar refractivity (Wildman–Crippen MR) is 105 cm³/mol. The zero-order chi connectivity index (χ0) is 20.2.